The van der Waals surface area contributed by atoms with Gasteiger partial charge in [0.1, 0.15) is 0 Å². The molecule has 1 aliphatic rings. The molecule has 0 aliphatic carbocycles. The molecule has 1 aromatic carbocycles. The molecule has 0 radical (unpaired) electrons. The van der Waals surface area contributed by atoms with Crippen LogP contribution in [0.25, 0.3) is 11.4 Å². The van der Waals surface area contributed by atoms with Crippen LogP contribution in [0.5, 0.6) is 0 Å². The van der Waals surface area contributed by atoms with E-state index in [9.17, 15) is 9.59 Å². The Balaban J connectivity index is 1.36. The molecule has 3 aromatic rings. The van der Waals surface area contributed by atoms with E-state index >= 15 is 0 Å². The molecule has 0 unspecified atom stereocenters. The van der Waals surface area contributed by atoms with Gasteiger partial charge >= 0.3 is 5.97 Å². The first-order chi connectivity index (χ1) is 13.2. The van der Waals surface area contributed by atoms with E-state index in [-0.39, 0.29) is 18.4 Å². The van der Waals surface area contributed by atoms with Gasteiger partial charge in [-0.1, -0.05) is 5.16 Å². The third-order valence-corrected chi connectivity index (χ3v) is 5.00. The summed E-state index contributed by atoms with van der Waals surface area (Å²) < 4.78 is 10.3. The third-order valence-electron chi connectivity index (χ3n) is 4.31. The normalized spacial score (nSPS) is 14.4. The van der Waals surface area contributed by atoms with E-state index in [0.29, 0.717) is 24.4 Å². The Bertz CT molecular complexity index is 934. The van der Waals surface area contributed by atoms with Gasteiger partial charge < -0.3 is 14.2 Å². The minimum atomic E-state index is -0.484. The van der Waals surface area contributed by atoms with Crippen molar-refractivity contribution in [1.82, 2.24) is 10.1 Å². The first kappa shape index (κ1) is 17.4. The van der Waals surface area contributed by atoms with Crippen molar-refractivity contribution in [3.05, 3.63) is 52.5 Å². The lowest BCUT2D eigenvalue weighted by atomic mass is 10.1. The van der Waals surface area contributed by atoms with Crippen LogP contribution < -0.4 is 4.90 Å². The Kier molecular flexibility index (Phi) is 4.97. The van der Waals surface area contributed by atoms with Gasteiger partial charge in [-0.3, -0.25) is 4.79 Å². The van der Waals surface area contributed by atoms with E-state index in [0.717, 1.165) is 24.1 Å². The number of hydrogen-bond acceptors (Lipinski definition) is 7. The number of carbonyl (C=O) groups excluding carboxylic acids is 2. The zero-order valence-corrected chi connectivity index (χ0v) is 15.3. The molecule has 7 nitrogen and oxygen atoms in total. The number of hydrogen-bond donors (Lipinski definition) is 0. The molecule has 138 valence electrons. The van der Waals surface area contributed by atoms with Gasteiger partial charge in [0.05, 0.1) is 5.56 Å². The van der Waals surface area contributed by atoms with E-state index in [1.807, 2.05) is 16.8 Å². The van der Waals surface area contributed by atoms with Crippen LogP contribution in [-0.4, -0.2) is 28.6 Å². The second-order valence-corrected chi connectivity index (χ2v) is 6.93. The number of rotatable bonds is 5. The lowest BCUT2D eigenvalue weighted by Crippen LogP contribution is -2.35. The molecular weight excluding hydrogens is 366 g/mol. The maximum Gasteiger partial charge on any atom is 0.338 e. The molecule has 4 rings (SSSR count). The summed E-state index contributed by atoms with van der Waals surface area (Å²) in [6.45, 7) is 0.620. The topological polar surface area (TPSA) is 85.5 Å². The summed E-state index contributed by atoms with van der Waals surface area (Å²) >= 11 is 1.54. The lowest BCUT2D eigenvalue weighted by Gasteiger charge is -2.26. The maximum absolute atomic E-state index is 12.2. The quantitative estimate of drug-likeness (QED) is 0.625. The molecule has 8 heteroatoms. The number of carbonyl (C=O) groups is 2. The van der Waals surface area contributed by atoms with Gasteiger partial charge in [-0.25, -0.2) is 4.79 Å². The van der Waals surface area contributed by atoms with Crippen molar-refractivity contribution in [2.45, 2.75) is 25.9 Å². The predicted molar refractivity (Wildman–Crippen MR) is 99.4 cm³/mol. The molecule has 1 amide bonds. The third kappa shape index (κ3) is 3.90. The van der Waals surface area contributed by atoms with Crippen LogP contribution >= 0.6 is 11.3 Å². The van der Waals surface area contributed by atoms with Crippen LogP contribution in [0.4, 0.5) is 5.69 Å². The molecule has 0 N–H and O–H groups in total. The summed E-state index contributed by atoms with van der Waals surface area (Å²) in [6.07, 6.45) is 2.50. The molecule has 27 heavy (non-hydrogen) atoms. The van der Waals surface area contributed by atoms with Gasteiger partial charge in [-0.2, -0.15) is 16.3 Å². The highest BCUT2D eigenvalue weighted by Crippen LogP contribution is 2.22. The Hall–Kier alpha value is -3.00. The second-order valence-electron chi connectivity index (χ2n) is 6.15. The SMILES string of the molecule is O=C(OCc1nc(-c2ccsc2)no1)c1ccc(N2CCCCC2=O)cc1. The standard InChI is InChI=1S/C19H17N3O4S/c23-17-3-1-2-9-22(17)15-6-4-13(5-7-15)19(24)25-11-16-20-18(21-26-16)14-8-10-27-12-14/h4-8,10,12H,1-3,9,11H2. The largest absolute Gasteiger partial charge is 0.452 e. The molecular formula is C19H17N3O4S. The number of anilines is 1. The van der Waals surface area contributed by atoms with Crippen LogP contribution in [0.1, 0.15) is 35.5 Å². The van der Waals surface area contributed by atoms with Crippen molar-refractivity contribution >= 4 is 28.9 Å². The van der Waals surface area contributed by atoms with E-state index in [1.165, 1.54) is 11.3 Å². The Labute approximate surface area is 159 Å². The van der Waals surface area contributed by atoms with Gasteiger partial charge in [0.2, 0.25) is 11.7 Å². The molecule has 1 saturated heterocycles. The van der Waals surface area contributed by atoms with Crippen molar-refractivity contribution in [2.24, 2.45) is 0 Å². The zero-order valence-electron chi connectivity index (χ0n) is 14.5. The monoisotopic (exact) mass is 383 g/mol. The average molecular weight is 383 g/mol. The number of amides is 1. The molecule has 0 bridgehead atoms. The van der Waals surface area contributed by atoms with Gasteiger partial charge in [0.25, 0.3) is 5.89 Å². The van der Waals surface area contributed by atoms with Crippen LogP contribution in [0, 0.1) is 0 Å². The molecule has 1 fully saturated rings. The van der Waals surface area contributed by atoms with Crippen LogP contribution in [0.15, 0.2) is 45.6 Å². The number of piperidine rings is 1. The summed E-state index contributed by atoms with van der Waals surface area (Å²) in [6, 6.07) is 8.73. The van der Waals surface area contributed by atoms with Crippen LogP contribution in [-0.2, 0) is 16.1 Å². The number of aromatic nitrogens is 2. The molecule has 1 aliphatic heterocycles. The van der Waals surface area contributed by atoms with Gasteiger partial charge in [0.15, 0.2) is 6.61 Å². The summed E-state index contributed by atoms with van der Waals surface area (Å²) in [4.78, 5) is 30.1. The van der Waals surface area contributed by atoms with E-state index in [1.54, 1.807) is 29.2 Å². The molecule has 3 heterocycles. The minimum absolute atomic E-state index is 0.0949. The molecule has 0 atom stereocenters. The fourth-order valence-electron chi connectivity index (χ4n) is 2.89. The van der Waals surface area contributed by atoms with Crippen LogP contribution in [0.3, 0.4) is 0 Å². The minimum Gasteiger partial charge on any atom is -0.452 e. The summed E-state index contributed by atoms with van der Waals surface area (Å²) in [7, 11) is 0. The van der Waals surface area contributed by atoms with Crippen molar-refractivity contribution in [1.29, 1.82) is 0 Å². The highest BCUT2D eigenvalue weighted by molar-refractivity contribution is 7.08. The first-order valence-corrected chi connectivity index (χ1v) is 9.58. The van der Waals surface area contributed by atoms with Gasteiger partial charge in [-0.15, -0.1) is 0 Å². The highest BCUT2D eigenvalue weighted by atomic mass is 32.1. The number of nitrogens with zero attached hydrogens (tertiary/aromatic N) is 3. The van der Waals surface area contributed by atoms with E-state index in [4.69, 9.17) is 9.26 Å². The Morgan fingerprint density at radius 2 is 2.07 bits per heavy atom. The number of benzene rings is 1. The van der Waals surface area contributed by atoms with Crippen molar-refractivity contribution in [3.8, 4) is 11.4 Å². The number of esters is 1. The van der Waals surface area contributed by atoms with Crippen molar-refractivity contribution < 1.29 is 18.8 Å². The summed E-state index contributed by atoms with van der Waals surface area (Å²) in [5.41, 5.74) is 2.07. The Morgan fingerprint density at radius 3 is 2.81 bits per heavy atom. The van der Waals surface area contributed by atoms with E-state index in [2.05, 4.69) is 10.1 Å². The fourth-order valence-corrected chi connectivity index (χ4v) is 3.52. The second kappa shape index (κ2) is 7.71. The van der Waals surface area contributed by atoms with Crippen molar-refractivity contribution in [3.63, 3.8) is 0 Å². The fraction of sp³-hybridized carbons (Fsp3) is 0.263. The van der Waals surface area contributed by atoms with Crippen LogP contribution in [0.2, 0.25) is 0 Å². The molecule has 2 aromatic heterocycles. The maximum atomic E-state index is 12.2. The predicted octanol–water partition coefficient (Wildman–Crippen LogP) is 3.67. The smallest absolute Gasteiger partial charge is 0.338 e. The van der Waals surface area contributed by atoms with Gasteiger partial charge in [0, 0.05) is 29.6 Å². The zero-order chi connectivity index (χ0) is 18.6. The number of thiophene rings is 1. The Morgan fingerprint density at radius 1 is 1.22 bits per heavy atom. The highest BCUT2D eigenvalue weighted by Gasteiger charge is 2.20. The molecule has 0 spiro atoms. The van der Waals surface area contributed by atoms with E-state index < -0.39 is 5.97 Å². The summed E-state index contributed by atoms with van der Waals surface area (Å²) in [5.74, 6) is 0.342. The summed E-state index contributed by atoms with van der Waals surface area (Å²) in [5, 5.41) is 7.71. The van der Waals surface area contributed by atoms with Crippen molar-refractivity contribution in [2.75, 3.05) is 11.4 Å². The number of ether oxygens (including phenoxy) is 1. The van der Waals surface area contributed by atoms with Gasteiger partial charge in [-0.05, 0) is 48.6 Å². The first-order valence-electron chi connectivity index (χ1n) is 8.63. The average Bonchev–Trinajstić information content (AvgIpc) is 3.38. The lowest BCUT2D eigenvalue weighted by molar-refractivity contribution is -0.119. The molecule has 0 saturated carbocycles.